The fourth-order valence-corrected chi connectivity index (χ4v) is 2.57. The van der Waals surface area contributed by atoms with Crippen LogP contribution in [-0.4, -0.2) is 21.1 Å². The maximum atomic E-state index is 12.3. The molecule has 0 fully saturated rings. The lowest BCUT2D eigenvalue weighted by Gasteiger charge is -2.05. The molecule has 4 rings (SSSR count). The first-order chi connectivity index (χ1) is 11.2. The van der Waals surface area contributed by atoms with E-state index in [1.807, 2.05) is 30.3 Å². The van der Waals surface area contributed by atoms with E-state index < -0.39 is 6.09 Å². The van der Waals surface area contributed by atoms with E-state index in [0.717, 1.165) is 15.5 Å². The maximum absolute atomic E-state index is 12.3. The van der Waals surface area contributed by atoms with Crippen LogP contribution in [0.2, 0.25) is 5.02 Å². The average molecular weight is 324 g/mol. The largest absolute Gasteiger partial charge is 0.442 e. The first kappa shape index (κ1) is 13.7. The third-order valence-electron chi connectivity index (χ3n) is 3.51. The van der Waals surface area contributed by atoms with Crippen LogP contribution in [0.4, 0.5) is 4.79 Å². The minimum Gasteiger partial charge on any atom is -0.409 e. The summed E-state index contributed by atoms with van der Waals surface area (Å²) in [4.78, 5) is 12.3. The molecule has 0 radical (unpaired) electrons. The van der Waals surface area contributed by atoms with Crippen molar-refractivity contribution < 1.29 is 9.53 Å². The van der Waals surface area contributed by atoms with Crippen molar-refractivity contribution in [3.05, 3.63) is 65.7 Å². The van der Waals surface area contributed by atoms with Crippen LogP contribution in [0, 0.1) is 0 Å². The van der Waals surface area contributed by atoms with E-state index in [1.165, 1.54) is 0 Å². The lowest BCUT2D eigenvalue weighted by Crippen LogP contribution is -2.18. The second-order valence-corrected chi connectivity index (χ2v) is 5.45. The van der Waals surface area contributed by atoms with E-state index >= 15 is 0 Å². The van der Waals surface area contributed by atoms with Crippen molar-refractivity contribution >= 4 is 39.5 Å². The molecule has 1 aromatic heterocycles. The van der Waals surface area contributed by atoms with E-state index in [9.17, 15) is 4.79 Å². The monoisotopic (exact) mass is 323 g/mol. The number of nitrogens with zero attached hydrogens (tertiary/aromatic N) is 3. The van der Waals surface area contributed by atoms with E-state index in [4.69, 9.17) is 16.3 Å². The van der Waals surface area contributed by atoms with Crippen molar-refractivity contribution in [2.24, 2.45) is 0 Å². The van der Waals surface area contributed by atoms with Crippen LogP contribution in [0.1, 0.15) is 0 Å². The number of halogens is 1. The molecule has 0 unspecified atom stereocenters. The molecule has 0 aliphatic heterocycles. The summed E-state index contributed by atoms with van der Waals surface area (Å²) in [6, 6.07) is 18.3. The number of hydrogen-bond donors (Lipinski definition) is 0. The molecule has 3 aromatic carbocycles. The van der Waals surface area contributed by atoms with Crippen LogP contribution >= 0.6 is 11.6 Å². The van der Waals surface area contributed by atoms with Gasteiger partial charge in [-0.3, -0.25) is 0 Å². The topological polar surface area (TPSA) is 57.0 Å². The number of carbonyl (C=O) groups is 1. The molecule has 0 aliphatic rings. The predicted octanol–water partition coefficient (Wildman–Crippen LogP) is 4.29. The van der Waals surface area contributed by atoms with Gasteiger partial charge in [-0.05, 0) is 41.1 Å². The number of hydrogen-bond acceptors (Lipinski definition) is 4. The van der Waals surface area contributed by atoms with Gasteiger partial charge in [0, 0.05) is 5.02 Å². The zero-order valence-corrected chi connectivity index (χ0v) is 12.6. The number of ether oxygens (including phenoxy) is 1. The molecule has 1 heterocycles. The predicted molar refractivity (Wildman–Crippen MR) is 87.9 cm³/mol. The fourth-order valence-electron chi connectivity index (χ4n) is 2.40. The third-order valence-corrected chi connectivity index (χ3v) is 3.74. The van der Waals surface area contributed by atoms with Gasteiger partial charge in [0.2, 0.25) is 0 Å². The quantitative estimate of drug-likeness (QED) is 0.524. The number of rotatable bonds is 1. The molecule has 112 valence electrons. The van der Waals surface area contributed by atoms with Crippen molar-refractivity contribution in [1.82, 2.24) is 15.0 Å². The van der Waals surface area contributed by atoms with Crippen LogP contribution in [0.25, 0.3) is 21.8 Å². The molecule has 0 aliphatic carbocycles. The van der Waals surface area contributed by atoms with Gasteiger partial charge in [0.15, 0.2) is 0 Å². The van der Waals surface area contributed by atoms with Gasteiger partial charge in [0.05, 0.1) is 0 Å². The second kappa shape index (κ2) is 5.37. The van der Waals surface area contributed by atoms with Gasteiger partial charge in [0.25, 0.3) is 0 Å². The Bertz CT molecular complexity index is 1040. The van der Waals surface area contributed by atoms with Gasteiger partial charge in [-0.25, -0.2) is 4.79 Å². The van der Waals surface area contributed by atoms with Crippen molar-refractivity contribution in [3.63, 3.8) is 0 Å². The lowest BCUT2D eigenvalue weighted by atomic mass is 10.1. The van der Waals surface area contributed by atoms with E-state index in [2.05, 4.69) is 10.3 Å². The van der Waals surface area contributed by atoms with Crippen molar-refractivity contribution in [3.8, 4) is 5.75 Å². The molecule has 5 nitrogen and oxygen atoms in total. The van der Waals surface area contributed by atoms with Crippen molar-refractivity contribution in [2.75, 3.05) is 0 Å². The van der Waals surface area contributed by atoms with Gasteiger partial charge in [-0.15, -0.1) is 9.78 Å². The number of aromatic nitrogens is 3. The Morgan fingerprint density at radius 1 is 1.00 bits per heavy atom. The Morgan fingerprint density at radius 3 is 2.70 bits per heavy atom. The van der Waals surface area contributed by atoms with Crippen molar-refractivity contribution in [1.29, 1.82) is 0 Å². The Kier molecular flexibility index (Phi) is 3.20. The summed E-state index contributed by atoms with van der Waals surface area (Å²) >= 11 is 5.96. The molecule has 6 heteroatoms. The average Bonchev–Trinajstić information content (AvgIpc) is 2.98. The molecule has 0 spiro atoms. The summed E-state index contributed by atoms with van der Waals surface area (Å²) in [5, 5.41) is 10.3. The molecular weight excluding hydrogens is 314 g/mol. The Morgan fingerprint density at radius 2 is 1.83 bits per heavy atom. The lowest BCUT2D eigenvalue weighted by molar-refractivity contribution is 0.199. The normalized spacial score (nSPS) is 11.0. The third kappa shape index (κ3) is 2.51. The summed E-state index contributed by atoms with van der Waals surface area (Å²) in [6.07, 6.45) is -0.634. The number of fused-ring (bicyclic) bond motifs is 2. The van der Waals surface area contributed by atoms with Gasteiger partial charge in [0.1, 0.15) is 16.8 Å². The van der Waals surface area contributed by atoms with Crippen LogP contribution in [0.3, 0.4) is 0 Å². The first-order valence-electron chi connectivity index (χ1n) is 6.93. The molecular formula is C17H10ClN3O2. The molecule has 23 heavy (non-hydrogen) atoms. The highest BCUT2D eigenvalue weighted by Gasteiger charge is 2.14. The first-order valence-corrected chi connectivity index (χ1v) is 7.30. The Hall–Kier alpha value is -2.92. The molecule has 0 saturated carbocycles. The van der Waals surface area contributed by atoms with Gasteiger partial charge >= 0.3 is 6.09 Å². The van der Waals surface area contributed by atoms with E-state index in [1.54, 1.807) is 30.3 Å². The maximum Gasteiger partial charge on any atom is 0.442 e. The Balaban J connectivity index is 1.69. The highest BCUT2D eigenvalue weighted by atomic mass is 35.5. The zero-order chi connectivity index (χ0) is 15.8. The van der Waals surface area contributed by atoms with Gasteiger partial charge in [-0.2, -0.15) is 0 Å². The van der Waals surface area contributed by atoms with Crippen LogP contribution < -0.4 is 4.74 Å². The standard InChI is InChI=1S/C17H10ClN3O2/c18-13-6-8-15-16(10-13)21(20-19-15)17(22)23-14-7-5-11-3-1-2-4-12(11)9-14/h1-10H. The van der Waals surface area contributed by atoms with Crippen LogP contribution in [-0.2, 0) is 0 Å². The summed E-state index contributed by atoms with van der Waals surface area (Å²) in [6.45, 7) is 0. The number of carbonyl (C=O) groups excluding carboxylic acids is 1. The smallest absolute Gasteiger partial charge is 0.409 e. The SMILES string of the molecule is O=C(Oc1ccc2ccccc2c1)n1nnc2ccc(Cl)cc21. The summed E-state index contributed by atoms with van der Waals surface area (Å²) in [5.41, 5.74) is 1.08. The molecule has 0 amide bonds. The second-order valence-electron chi connectivity index (χ2n) is 5.01. The fraction of sp³-hybridized carbons (Fsp3) is 0. The highest BCUT2D eigenvalue weighted by Crippen LogP contribution is 2.22. The van der Waals surface area contributed by atoms with Crippen LogP contribution in [0.15, 0.2) is 60.7 Å². The minimum absolute atomic E-state index is 0.444. The van der Waals surface area contributed by atoms with Gasteiger partial charge in [-0.1, -0.05) is 47.1 Å². The van der Waals surface area contributed by atoms with Crippen molar-refractivity contribution in [2.45, 2.75) is 0 Å². The molecule has 0 atom stereocenters. The number of benzene rings is 3. The van der Waals surface area contributed by atoms with Gasteiger partial charge < -0.3 is 4.74 Å². The molecule has 0 bridgehead atoms. The van der Waals surface area contributed by atoms with E-state index in [0.29, 0.717) is 21.8 Å². The zero-order valence-electron chi connectivity index (χ0n) is 11.8. The molecule has 0 saturated heterocycles. The Labute approximate surface area is 136 Å². The summed E-state index contributed by atoms with van der Waals surface area (Å²) in [5.74, 6) is 0.444. The summed E-state index contributed by atoms with van der Waals surface area (Å²) in [7, 11) is 0. The highest BCUT2D eigenvalue weighted by molar-refractivity contribution is 6.31. The minimum atomic E-state index is -0.634. The van der Waals surface area contributed by atoms with Crippen LogP contribution in [0.5, 0.6) is 5.75 Å². The molecule has 4 aromatic rings. The van der Waals surface area contributed by atoms with E-state index in [-0.39, 0.29) is 0 Å². The molecule has 0 N–H and O–H groups in total. The summed E-state index contributed by atoms with van der Waals surface area (Å²) < 4.78 is 6.49.